The lowest BCUT2D eigenvalue weighted by molar-refractivity contribution is 0.200. The zero-order chi connectivity index (χ0) is 13.4. The minimum absolute atomic E-state index is 0.326. The Bertz CT molecular complexity index is 463. The highest BCUT2D eigenvalue weighted by Gasteiger charge is 2.31. The van der Waals surface area contributed by atoms with E-state index < -0.39 is 0 Å². The molecule has 104 valence electrons. The van der Waals surface area contributed by atoms with Crippen molar-refractivity contribution in [2.24, 2.45) is 0 Å². The highest BCUT2D eigenvalue weighted by Crippen LogP contribution is 2.32. The van der Waals surface area contributed by atoms with Gasteiger partial charge in [0.05, 0.1) is 0 Å². The van der Waals surface area contributed by atoms with Crippen molar-refractivity contribution >= 4 is 23.2 Å². The molecule has 0 spiro atoms. The van der Waals surface area contributed by atoms with E-state index in [2.05, 4.69) is 17.1 Å². The van der Waals surface area contributed by atoms with Gasteiger partial charge in [-0.1, -0.05) is 23.2 Å². The molecule has 0 saturated carbocycles. The summed E-state index contributed by atoms with van der Waals surface area (Å²) < 4.78 is 0. The molecule has 0 aromatic heterocycles. The third-order valence-electron chi connectivity index (χ3n) is 4.51. The Balaban J connectivity index is 1.79. The fraction of sp³-hybridized carbons (Fsp3) is 0.600. The number of hydrogen-bond donors (Lipinski definition) is 1. The van der Waals surface area contributed by atoms with E-state index in [0.717, 1.165) is 34.7 Å². The van der Waals surface area contributed by atoms with Crippen molar-refractivity contribution < 1.29 is 0 Å². The van der Waals surface area contributed by atoms with Crippen LogP contribution in [0.1, 0.15) is 37.8 Å². The lowest BCUT2D eigenvalue weighted by Gasteiger charge is -2.31. The standard InChI is InChI=1S/C15H20Cl2N2/c1-10(14-8-11(16)2-5-15(14)17)19-7-6-12-3-4-13(9-19)18-12/h2,5,8,10,12-13,18H,3-4,6-7,9H2,1H3. The first-order valence-electron chi connectivity index (χ1n) is 7.08. The van der Waals surface area contributed by atoms with Gasteiger partial charge >= 0.3 is 0 Å². The maximum absolute atomic E-state index is 6.33. The van der Waals surface area contributed by atoms with E-state index in [1.165, 1.54) is 19.3 Å². The van der Waals surface area contributed by atoms with Gasteiger partial charge in [-0.05, 0) is 49.9 Å². The van der Waals surface area contributed by atoms with Crippen molar-refractivity contribution in [3.8, 4) is 0 Å². The predicted molar refractivity (Wildman–Crippen MR) is 81.0 cm³/mol. The van der Waals surface area contributed by atoms with Crippen molar-refractivity contribution in [3.05, 3.63) is 33.8 Å². The fourth-order valence-electron chi connectivity index (χ4n) is 3.35. The zero-order valence-corrected chi connectivity index (χ0v) is 12.7. The Morgan fingerprint density at radius 1 is 1.21 bits per heavy atom. The minimum Gasteiger partial charge on any atom is -0.310 e. The van der Waals surface area contributed by atoms with E-state index in [0.29, 0.717) is 12.1 Å². The molecule has 4 heteroatoms. The fourth-order valence-corrected chi connectivity index (χ4v) is 3.81. The molecule has 2 saturated heterocycles. The average molecular weight is 299 g/mol. The van der Waals surface area contributed by atoms with E-state index in [1.54, 1.807) is 0 Å². The highest BCUT2D eigenvalue weighted by atomic mass is 35.5. The van der Waals surface area contributed by atoms with Crippen LogP contribution in [0, 0.1) is 0 Å². The second kappa shape index (κ2) is 5.61. The minimum atomic E-state index is 0.326. The van der Waals surface area contributed by atoms with Crippen molar-refractivity contribution in [2.75, 3.05) is 13.1 Å². The van der Waals surface area contributed by atoms with Gasteiger partial charge in [0.25, 0.3) is 0 Å². The van der Waals surface area contributed by atoms with Crippen LogP contribution in [-0.2, 0) is 0 Å². The van der Waals surface area contributed by atoms with Crippen LogP contribution < -0.4 is 5.32 Å². The van der Waals surface area contributed by atoms with Gasteiger partial charge < -0.3 is 5.32 Å². The molecule has 2 fully saturated rings. The van der Waals surface area contributed by atoms with Crippen molar-refractivity contribution in [3.63, 3.8) is 0 Å². The van der Waals surface area contributed by atoms with Gasteiger partial charge in [0.15, 0.2) is 0 Å². The van der Waals surface area contributed by atoms with Gasteiger partial charge in [-0.3, -0.25) is 4.90 Å². The van der Waals surface area contributed by atoms with Crippen LogP contribution in [0.2, 0.25) is 10.0 Å². The lowest BCUT2D eigenvalue weighted by Crippen LogP contribution is -2.36. The van der Waals surface area contributed by atoms with Crippen LogP contribution in [0.15, 0.2) is 18.2 Å². The molecule has 0 amide bonds. The summed E-state index contributed by atoms with van der Waals surface area (Å²) in [4.78, 5) is 2.54. The summed E-state index contributed by atoms with van der Waals surface area (Å²) in [5.74, 6) is 0. The maximum atomic E-state index is 6.33. The van der Waals surface area contributed by atoms with Gasteiger partial charge in [-0.25, -0.2) is 0 Å². The molecule has 3 unspecified atom stereocenters. The van der Waals surface area contributed by atoms with E-state index in [-0.39, 0.29) is 0 Å². The number of halogens is 2. The lowest BCUT2D eigenvalue weighted by atomic mass is 10.0. The molecule has 2 nitrogen and oxygen atoms in total. The molecule has 3 rings (SSSR count). The van der Waals surface area contributed by atoms with Crippen molar-refractivity contribution in [1.82, 2.24) is 10.2 Å². The number of benzene rings is 1. The quantitative estimate of drug-likeness (QED) is 0.891. The Morgan fingerprint density at radius 3 is 2.84 bits per heavy atom. The van der Waals surface area contributed by atoms with E-state index in [1.807, 2.05) is 18.2 Å². The maximum Gasteiger partial charge on any atom is 0.0454 e. The summed E-state index contributed by atoms with van der Waals surface area (Å²) in [5.41, 5.74) is 1.15. The summed E-state index contributed by atoms with van der Waals surface area (Å²) >= 11 is 12.4. The third kappa shape index (κ3) is 2.92. The monoisotopic (exact) mass is 298 g/mol. The van der Waals surface area contributed by atoms with Crippen LogP contribution in [0.3, 0.4) is 0 Å². The average Bonchev–Trinajstić information content (AvgIpc) is 2.71. The molecule has 0 radical (unpaired) electrons. The second-order valence-corrected chi connectivity index (χ2v) is 6.61. The smallest absolute Gasteiger partial charge is 0.0454 e. The molecule has 1 aromatic rings. The molecule has 0 aliphatic carbocycles. The van der Waals surface area contributed by atoms with Gasteiger partial charge in [0, 0.05) is 41.3 Å². The Kier molecular flexibility index (Phi) is 4.04. The molecule has 2 aliphatic rings. The highest BCUT2D eigenvalue weighted by molar-refractivity contribution is 6.33. The van der Waals surface area contributed by atoms with Gasteiger partial charge in [-0.2, -0.15) is 0 Å². The summed E-state index contributed by atoms with van der Waals surface area (Å²) in [7, 11) is 0. The normalized spacial score (nSPS) is 29.2. The molecule has 1 N–H and O–H groups in total. The summed E-state index contributed by atoms with van der Waals surface area (Å²) in [6.45, 7) is 4.48. The first kappa shape index (κ1) is 13.7. The SMILES string of the molecule is CC(c1cc(Cl)ccc1Cl)N1CCC2CCC(C1)N2. The van der Waals surface area contributed by atoms with Crippen molar-refractivity contribution in [1.29, 1.82) is 0 Å². The number of nitrogens with zero attached hydrogens (tertiary/aromatic N) is 1. The Morgan fingerprint density at radius 2 is 2.00 bits per heavy atom. The molecule has 19 heavy (non-hydrogen) atoms. The Hall–Kier alpha value is -0.280. The van der Waals surface area contributed by atoms with Crippen LogP contribution in [-0.4, -0.2) is 30.1 Å². The third-order valence-corrected chi connectivity index (χ3v) is 5.09. The van der Waals surface area contributed by atoms with Gasteiger partial charge in [0.2, 0.25) is 0 Å². The van der Waals surface area contributed by atoms with Crippen LogP contribution in [0.5, 0.6) is 0 Å². The number of fused-ring (bicyclic) bond motifs is 2. The largest absolute Gasteiger partial charge is 0.310 e. The molecule has 2 heterocycles. The van der Waals surface area contributed by atoms with E-state index >= 15 is 0 Å². The summed E-state index contributed by atoms with van der Waals surface area (Å²) in [6, 6.07) is 7.45. The zero-order valence-electron chi connectivity index (χ0n) is 11.2. The first-order valence-corrected chi connectivity index (χ1v) is 7.84. The number of rotatable bonds is 2. The van der Waals surface area contributed by atoms with Crippen LogP contribution in [0.25, 0.3) is 0 Å². The number of likely N-dealkylation sites (tertiary alicyclic amines) is 1. The van der Waals surface area contributed by atoms with Crippen molar-refractivity contribution in [2.45, 2.75) is 44.3 Å². The predicted octanol–water partition coefficient (Wildman–Crippen LogP) is 3.88. The number of hydrogen-bond acceptors (Lipinski definition) is 2. The summed E-state index contributed by atoms with van der Waals surface area (Å²) in [6.07, 6.45) is 3.88. The van der Waals surface area contributed by atoms with Crippen LogP contribution >= 0.6 is 23.2 Å². The number of nitrogens with one attached hydrogen (secondary N) is 1. The second-order valence-electron chi connectivity index (χ2n) is 5.76. The van der Waals surface area contributed by atoms with E-state index in [9.17, 15) is 0 Å². The molecule has 2 bridgehead atoms. The van der Waals surface area contributed by atoms with Crippen LogP contribution in [0.4, 0.5) is 0 Å². The molecule has 3 atom stereocenters. The van der Waals surface area contributed by atoms with Gasteiger partial charge in [-0.15, -0.1) is 0 Å². The molecular formula is C15H20Cl2N2. The summed E-state index contributed by atoms with van der Waals surface area (Å²) in [5, 5.41) is 5.30. The molecular weight excluding hydrogens is 279 g/mol. The molecule has 1 aromatic carbocycles. The molecule has 2 aliphatic heterocycles. The van der Waals surface area contributed by atoms with Gasteiger partial charge in [0.1, 0.15) is 0 Å². The van der Waals surface area contributed by atoms with E-state index in [4.69, 9.17) is 23.2 Å². The topological polar surface area (TPSA) is 15.3 Å². The first-order chi connectivity index (χ1) is 9.13. The Labute approximate surface area is 125 Å².